The molecule has 0 fully saturated rings. The normalized spacial score (nSPS) is 11.9. The molecule has 3 heteroatoms. The van der Waals surface area contributed by atoms with Gasteiger partial charge in [-0.3, -0.25) is 0 Å². The van der Waals surface area contributed by atoms with E-state index in [0.717, 1.165) is 12.8 Å². The summed E-state index contributed by atoms with van der Waals surface area (Å²) in [6.07, 6.45) is 20.8. The molecule has 1 atom stereocenters. The van der Waals surface area contributed by atoms with Crippen LogP contribution in [0.3, 0.4) is 0 Å². The van der Waals surface area contributed by atoms with Crippen molar-refractivity contribution in [2.75, 3.05) is 6.61 Å². The third kappa shape index (κ3) is 30.3. The summed E-state index contributed by atoms with van der Waals surface area (Å²) in [4.78, 5) is 0. The molecule has 3 nitrogen and oxygen atoms in total. The highest BCUT2D eigenvalue weighted by molar-refractivity contribution is 4.51. The molecule has 0 aromatic rings. The molecule has 0 aliphatic heterocycles. The van der Waals surface area contributed by atoms with Crippen LogP contribution in [0.4, 0.5) is 0 Å². The van der Waals surface area contributed by atoms with E-state index in [9.17, 15) is 0 Å². The minimum atomic E-state index is -0.600. The topological polar surface area (TPSA) is 66.5 Å². The van der Waals surface area contributed by atoms with Crippen molar-refractivity contribution in [3.63, 3.8) is 0 Å². The lowest BCUT2D eigenvalue weighted by Gasteiger charge is -2.04. The summed E-state index contributed by atoms with van der Waals surface area (Å²) in [5, 5.41) is 16.5. The van der Waals surface area contributed by atoms with Gasteiger partial charge in [0.25, 0.3) is 0 Å². The van der Waals surface area contributed by atoms with Crippen LogP contribution in [0.1, 0.15) is 117 Å². The van der Waals surface area contributed by atoms with Crippen molar-refractivity contribution in [3.8, 4) is 0 Å². The Morgan fingerprint density at radius 2 is 0.870 bits per heavy atom. The maximum absolute atomic E-state index is 8.93. The van der Waals surface area contributed by atoms with E-state index in [0.29, 0.717) is 0 Å². The zero-order chi connectivity index (χ0) is 17.6. The predicted octanol–water partition coefficient (Wildman–Crippen LogP) is 5.52. The van der Waals surface area contributed by atoms with Gasteiger partial charge < -0.3 is 15.9 Å². The van der Waals surface area contributed by atoms with E-state index in [2.05, 4.69) is 6.92 Å². The van der Waals surface area contributed by atoms with Crippen LogP contribution in [-0.4, -0.2) is 23.0 Å². The van der Waals surface area contributed by atoms with Crippen LogP contribution in [-0.2, 0) is 0 Å². The second-order valence-electron chi connectivity index (χ2n) is 6.62. The molecular formula is C20H45NO2. The van der Waals surface area contributed by atoms with Crippen molar-refractivity contribution in [1.82, 2.24) is 0 Å². The molecule has 0 saturated carbocycles. The Morgan fingerprint density at radius 3 is 1.13 bits per heavy atom. The lowest BCUT2D eigenvalue weighted by Crippen LogP contribution is -2.17. The van der Waals surface area contributed by atoms with Gasteiger partial charge >= 0.3 is 0 Å². The summed E-state index contributed by atoms with van der Waals surface area (Å²) >= 11 is 0. The number of hydrogen-bond donors (Lipinski definition) is 3. The van der Waals surface area contributed by atoms with Crippen LogP contribution in [0.5, 0.6) is 0 Å². The van der Waals surface area contributed by atoms with Gasteiger partial charge in [-0.1, -0.05) is 96.8 Å². The average Bonchev–Trinajstić information content (AvgIpc) is 2.51. The third-order valence-corrected chi connectivity index (χ3v) is 4.10. The summed E-state index contributed by atoms with van der Waals surface area (Å²) < 4.78 is 0. The van der Waals surface area contributed by atoms with E-state index >= 15 is 0 Å². The molecule has 0 bridgehead atoms. The second kappa shape index (κ2) is 24.1. The third-order valence-electron chi connectivity index (χ3n) is 4.10. The van der Waals surface area contributed by atoms with Crippen molar-refractivity contribution < 1.29 is 10.2 Å². The van der Waals surface area contributed by atoms with Crippen molar-refractivity contribution in [2.45, 2.75) is 123 Å². The van der Waals surface area contributed by atoms with E-state index in [-0.39, 0.29) is 6.61 Å². The molecule has 0 rings (SSSR count). The quantitative estimate of drug-likeness (QED) is 0.257. The van der Waals surface area contributed by atoms with Gasteiger partial charge in [0.2, 0.25) is 0 Å². The van der Waals surface area contributed by atoms with Crippen LogP contribution in [0.25, 0.3) is 0 Å². The fourth-order valence-corrected chi connectivity index (χ4v) is 2.72. The first-order valence-electron chi connectivity index (χ1n) is 10.2. The van der Waals surface area contributed by atoms with Crippen molar-refractivity contribution in [3.05, 3.63) is 0 Å². The van der Waals surface area contributed by atoms with Gasteiger partial charge in [0.05, 0.1) is 0 Å². The molecule has 0 aliphatic rings. The molecule has 1 unspecified atom stereocenters. The second-order valence-corrected chi connectivity index (χ2v) is 6.62. The fraction of sp³-hybridized carbons (Fsp3) is 1.00. The zero-order valence-corrected chi connectivity index (χ0v) is 16.1. The number of aliphatic hydroxyl groups excluding tert-OH is 2. The number of unbranched alkanes of at least 4 members (excludes halogenated alkanes) is 14. The summed E-state index contributed by atoms with van der Waals surface area (Å²) in [6, 6.07) is 0. The highest BCUT2D eigenvalue weighted by Gasteiger charge is 1.96. The molecule has 0 heterocycles. The van der Waals surface area contributed by atoms with Crippen LogP contribution in [0.2, 0.25) is 0 Å². The molecule has 23 heavy (non-hydrogen) atoms. The number of nitrogens with two attached hydrogens (primary N) is 1. The molecule has 142 valence electrons. The van der Waals surface area contributed by atoms with Gasteiger partial charge in [-0.05, 0) is 19.8 Å². The van der Waals surface area contributed by atoms with E-state index in [1.807, 2.05) is 0 Å². The molecule has 0 radical (unpaired) electrons. The van der Waals surface area contributed by atoms with Crippen LogP contribution >= 0.6 is 0 Å². The first-order chi connectivity index (χ1) is 11.2. The van der Waals surface area contributed by atoms with Gasteiger partial charge in [-0.15, -0.1) is 0 Å². The number of hydrogen-bond acceptors (Lipinski definition) is 3. The standard InChI is InChI=1S/C18H39NO.C2H6O/c1-2-3-4-5-6-7-8-9-10-11-12-13-14-15-16-17-18(19)20;1-2-3/h18,20H,2-17,19H2,1H3;3H,2H2,1H3. The van der Waals surface area contributed by atoms with Crippen molar-refractivity contribution in [2.24, 2.45) is 5.73 Å². The van der Waals surface area contributed by atoms with Gasteiger partial charge in [0, 0.05) is 6.61 Å². The molecular weight excluding hydrogens is 286 g/mol. The van der Waals surface area contributed by atoms with Gasteiger partial charge in [-0.25, -0.2) is 0 Å². The molecule has 0 aromatic carbocycles. The van der Waals surface area contributed by atoms with Crippen LogP contribution in [0, 0.1) is 0 Å². The summed E-state index contributed by atoms with van der Waals surface area (Å²) in [5.74, 6) is 0. The minimum absolute atomic E-state index is 0.250. The van der Waals surface area contributed by atoms with Crippen molar-refractivity contribution in [1.29, 1.82) is 0 Å². The summed E-state index contributed by atoms with van der Waals surface area (Å²) in [6.45, 7) is 4.21. The predicted molar refractivity (Wildman–Crippen MR) is 103 cm³/mol. The molecule has 0 saturated heterocycles. The Balaban J connectivity index is 0. The Bertz CT molecular complexity index is 186. The summed E-state index contributed by atoms with van der Waals surface area (Å²) in [7, 11) is 0. The Labute approximate surface area is 146 Å². The Hall–Kier alpha value is -0.120. The number of aliphatic hydroxyl groups is 2. The molecule has 0 aliphatic carbocycles. The van der Waals surface area contributed by atoms with E-state index in [1.165, 1.54) is 89.9 Å². The minimum Gasteiger partial charge on any atom is -0.397 e. The van der Waals surface area contributed by atoms with Crippen molar-refractivity contribution >= 4 is 0 Å². The van der Waals surface area contributed by atoms with Gasteiger partial charge in [0.15, 0.2) is 0 Å². The number of rotatable bonds is 16. The Morgan fingerprint density at radius 1 is 0.609 bits per heavy atom. The van der Waals surface area contributed by atoms with Gasteiger partial charge in [-0.2, -0.15) is 0 Å². The average molecular weight is 332 g/mol. The first kappa shape index (κ1) is 25.1. The van der Waals surface area contributed by atoms with E-state index in [1.54, 1.807) is 6.92 Å². The van der Waals surface area contributed by atoms with Gasteiger partial charge in [0.1, 0.15) is 6.23 Å². The lowest BCUT2D eigenvalue weighted by atomic mass is 10.0. The van der Waals surface area contributed by atoms with Crippen LogP contribution in [0.15, 0.2) is 0 Å². The maximum atomic E-state index is 8.93. The highest BCUT2D eigenvalue weighted by Crippen LogP contribution is 2.13. The monoisotopic (exact) mass is 331 g/mol. The smallest absolute Gasteiger partial charge is 0.102 e. The summed E-state index contributed by atoms with van der Waals surface area (Å²) in [5.41, 5.74) is 5.30. The SMILES string of the molecule is CCCCCCCCCCCCCCCCCC(N)O.CCO. The zero-order valence-electron chi connectivity index (χ0n) is 16.1. The van der Waals surface area contributed by atoms with E-state index in [4.69, 9.17) is 15.9 Å². The molecule has 0 spiro atoms. The Kier molecular flexibility index (Phi) is 26.4. The maximum Gasteiger partial charge on any atom is 0.102 e. The molecule has 0 aromatic heterocycles. The molecule has 0 amide bonds. The highest BCUT2D eigenvalue weighted by atomic mass is 16.3. The van der Waals surface area contributed by atoms with E-state index < -0.39 is 6.23 Å². The fourth-order valence-electron chi connectivity index (χ4n) is 2.72. The first-order valence-corrected chi connectivity index (χ1v) is 10.2. The largest absolute Gasteiger partial charge is 0.397 e. The lowest BCUT2D eigenvalue weighted by molar-refractivity contribution is 0.168. The molecule has 4 N–H and O–H groups in total. The van der Waals surface area contributed by atoms with Crippen LogP contribution < -0.4 is 5.73 Å².